The van der Waals surface area contributed by atoms with Gasteiger partial charge in [0.2, 0.25) is 0 Å². The van der Waals surface area contributed by atoms with Gasteiger partial charge in [0.1, 0.15) is 17.3 Å². The third-order valence-corrected chi connectivity index (χ3v) is 2.99. The van der Waals surface area contributed by atoms with Gasteiger partial charge in [0.05, 0.1) is 19.9 Å². The fourth-order valence-corrected chi connectivity index (χ4v) is 1.90. The molecule has 0 fully saturated rings. The van der Waals surface area contributed by atoms with Crippen LogP contribution in [0.2, 0.25) is 0 Å². The third kappa shape index (κ3) is 2.82. The van der Waals surface area contributed by atoms with Crippen LogP contribution in [0, 0.1) is 0 Å². The minimum Gasteiger partial charge on any atom is -0.497 e. The summed E-state index contributed by atoms with van der Waals surface area (Å²) in [7, 11) is 3.18. The van der Waals surface area contributed by atoms with Gasteiger partial charge in [-0.25, -0.2) is 4.98 Å². The summed E-state index contributed by atoms with van der Waals surface area (Å²) in [6.07, 6.45) is 0. The molecule has 0 aliphatic rings. The number of hydrogen-bond donors (Lipinski definition) is 1. The summed E-state index contributed by atoms with van der Waals surface area (Å²) in [5.41, 5.74) is 1.14. The predicted molar refractivity (Wildman–Crippen MR) is 77.5 cm³/mol. The van der Waals surface area contributed by atoms with Crippen LogP contribution in [-0.4, -0.2) is 24.2 Å². The quantitative estimate of drug-likeness (QED) is 0.930. The molecule has 0 radical (unpaired) electrons. The van der Waals surface area contributed by atoms with Crippen molar-refractivity contribution in [2.45, 2.75) is 19.8 Å². The molecule has 0 aliphatic carbocycles. The molecule has 1 aromatic carbocycles. The highest BCUT2D eigenvalue weighted by Gasteiger charge is 2.12. The molecule has 0 bridgehead atoms. The number of aromatic amines is 1. The largest absolute Gasteiger partial charge is 0.497 e. The standard InChI is InChI=1S/C15H18N2O3/c1-9(2)15-16-12(8-14(18)17-15)11-7-10(19-3)5-6-13(11)20-4/h5-9H,1-4H3,(H,16,17,18). The Bertz CT molecular complexity index is 662. The number of hydrogen-bond acceptors (Lipinski definition) is 4. The molecule has 1 heterocycles. The van der Waals surface area contributed by atoms with E-state index in [0.29, 0.717) is 23.0 Å². The summed E-state index contributed by atoms with van der Waals surface area (Å²) in [6.45, 7) is 3.95. The van der Waals surface area contributed by atoms with Gasteiger partial charge in [0.15, 0.2) is 0 Å². The van der Waals surface area contributed by atoms with E-state index in [2.05, 4.69) is 9.97 Å². The number of nitrogens with zero attached hydrogens (tertiary/aromatic N) is 1. The minimum atomic E-state index is -0.177. The van der Waals surface area contributed by atoms with Crippen molar-refractivity contribution in [1.82, 2.24) is 9.97 Å². The Balaban J connectivity index is 2.63. The number of H-pyrrole nitrogens is 1. The van der Waals surface area contributed by atoms with Crippen molar-refractivity contribution >= 4 is 0 Å². The molecule has 20 heavy (non-hydrogen) atoms. The van der Waals surface area contributed by atoms with Crippen molar-refractivity contribution in [2.75, 3.05) is 14.2 Å². The van der Waals surface area contributed by atoms with Gasteiger partial charge in [-0.05, 0) is 18.2 Å². The first-order chi connectivity index (χ1) is 9.55. The van der Waals surface area contributed by atoms with Crippen molar-refractivity contribution in [3.05, 3.63) is 40.4 Å². The van der Waals surface area contributed by atoms with Gasteiger partial charge in [-0.15, -0.1) is 0 Å². The first kappa shape index (κ1) is 14.1. The maximum Gasteiger partial charge on any atom is 0.251 e. The molecule has 2 aromatic rings. The zero-order chi connectivity index (χ0) is 14.7. The van der Waals surface area contributed by atoms with Gasteiger partial charge < -0.3 is 14.5 Å². The Labute approximate surface area is 117 Å². The summed E-state index contributed by atoms with van der Waals surface area (Å²) >= 11 is 0. The van der Waals surface area contributed by atoms with Crippen molar-refractivity contribution in [3.8, 4) is 22.8 Å². The molecule has 0 amide bonds. The summed E-state index contributed by atoms with van der Waals surface area (Å²) in [5, 5.41) is 0. The smallest absolute Gasteiger partial charge is 0.251 e. The lowest BCUT2D eigenvalue weighted by atomic mass is 10.1. The molecule has 0 spiro atoms. The highest BCUT2D eigenvalue weighted by molar-refractivity contribution is 5.68. The number of rotatable bonds is 4. The molecule has 106 valence electrons. The van der Waals surface area contributed by atoms with E-state index in [-0.39, 0.29) is 11.5 Å². The van der Waals surface area contributed by atoms with Crippen LogP contribution in [0.15, 0.2) is 29.1 Å². The second-order valence-electron chi connectivity index (χ2n) is 4.74. The number of methoxy groups -OCH3 is 2. The predicted octanol–water partition coefficient (Wildman–Crippen LogP) is 2.58. The monoisotopic (exact) mass is 274 g/mol. The highest BCUT2D eigenvalue weighted by atomic mass is 16.5. The van der Waals surface area contributed by atoms with E-state index in [1.807, 2.05) is 19.9 Å². The zero-order valence-corrected chi connectivity index (χ0v) is 12.1. The van der Waals surface area contributed by atoms with Crippen molar-refractivity contribution in [2.24, 2.45) is 0 Å². The molecule has 5 heteroatoms. The number of ether oxygens (including phenoxy) is 2. The van der Waals surface area contributed by atoms with E-state index in [1.165, 1.54) is 6.07 Å². The fraction of sp³-hybridized carbons (Fsp3) is 0.333. The second kappa shape index (κ2) is 5.77. The van der Waals surface area contributed by atoms with Crippen LogP contribution in [-0.2, 0) is 0 Å². The average molecular weight is 274 g/mol. The Morgan fingerprint density at radius 2 is 1.90 bits per heavy atom. The first-order valence-electron chi connectivity index (χ1n) is 6.38. The van der Waals surface area contributed by atoms with Crippen LogP contribution in [0.25, 0.3) is 11.3 Å². The summed E-state index contributed by atoms with van der Waals surface area (Å²) in [4.78, 5) is 19.0. The lowest BCUT2D eigenvalue weighted by Crippen LogP contribution is -2.12. The van der Waals surface area contributed by atoms with Crippen molar-refractivity contribution < 1.29 is 9.47 Å². The van der Waals surface area contributed by atoms with E-state index in [1.54, 1.807) is 26.4 Å². The molecule has 5 nitrogen and oxygen atoms in total. The Morgan fingerprint density at radius 3 is 2.50 bits per heavy atom. The Morgan fingerprint density at radius 1 is 1.15 bits per heavy atom. The lowest BCUT2D eigenvalue weighted by molar-refractivity contribution is 0.404. The van der Waals surface area contributed by atoms with Gasteiger partial charge in [-0.1, -0.05) is 13.8 Å². The lowest BCUT2D eigenvalue weighted by Gasteiger charge is -2.11. The topological polar surface area (TPSA) is 64.2 Å². The van der Waals surface area contributed by atoms with Crippen LogP contribution in [0.4, 0.5) is 0 Å². The van der Waals surface area contributed by atoms with Crippen LogP contribution in [0.3, 0.4) is 0 Å². The molecular weight excluding hydrogens is 256 g/mol. The van der Waals surface area contributed by atoms with Crippen LogP contribution in [0.1, 0.15) is 25.6 Å². The Hall–Kier alpha value is -2.30. The molecule has 0 aliphatic heterocycles. The molecule has 0 atom stereocenters. The fourth-order valence-electron chi connectivity index (χ4n) is 1.90. The maximum absolute atomic E-state index is 11.8. The zero-order valence-electron chi connectivity index (χ0n) is 12.1. The maximum atomic E-state index is 11.8. The summed E-state index contributed by atoms with van der Waals surface area (Å²) in [5.74, 6) is 2.13. The highest BCUT2D eigenvalue weighted by Crippen LogP contribution is 2.32. The molecule has 0 saturated heterocycles. The van der Waals surface area contributed by atoms with Gasteiger partial charge >= 0.3 is 0 Å². The average Bonchev–Trinajstić information content (AvgIpc) is 2.45. The SMILES string of the molecule is COc1ccc(OC)c(-c2cc(=O)[nH]c(C(C)C)n2)c1. The summed E-state index contributed by atoms with van der Waals surface area (Å²) < 4.78 is 10.5. The summed E-state index contributed by atoms with van der Waals surface area (Å²) in [6, 6.07) is 6.87. The minimum absolute atomic E-state index is 0.138. The van der Waals surface area contributed by atoms with Gasteiger partial charge in [-0.2, -0.15) is 0 Å². The van der Waals surface area contributed by atoms with E-state index in [0.717, 1.165) is 5.56 Å². The second-order valence-corrected chi connectivity index (χ2v) is 4.74. The molecule has 1 N–H and O–H groups in total. The number of aromatic nitrogens is 2. The van der Waals surface area contributed by atoms with Gasteiger partial charge in [-0.3, -0.25) is 4.79 Å². The first-order valence-corrected chi connectivity index (χ1v) is 6.38. The van der Waals surface area contributed by atoms with Crippen molar-refractivity contribution in [3.63, 3.8) is 0 Å². The van der Waals surface area contributed by atoms with E-state index < -0.39 is 0 Å². The van der Waals surface area contributed by atoms with Gasteiger partial charge in [0, 0.05) is 17.5 Å². The Kier molecular flexibility index (Phi) is 4.08. The van der Waals surface area contributed by atoms with E-state index >= 15 is 0 Å². The number of benzene rings is 1. The molecular formula is C15H18N2O3. The molecule has 2 rings (SSSR count). The van der Waals surface area contributed by atoms with Crippen LogP contribution >= 0.6 is 0 Å². The van der Waals surface area contributed by atoms with Crippen LogP contribution in [0.5, 0.6) is 11.5 Å². The van der Waals surface area contributed by atoms with Gasteiger partial charge in [0.25, 0.3) is 5.56 Å². The molecule has 1 aromatic heterocycles. The third-order valence-electron chi connectivity index (χ3n) is 2.99. The normalized spacial score (nSPS) is 10.7. The molecule has 0 saturated carbocycles. The van der Waals surface area contributed by atoms with Crippen molar-refractivity contribution in [1.29, 1.82) is 0 Å². The molecule has 0 unspecified atom stereocenters. The number of nitrogens with one attached hydrogen (secondary N) is 1. The van der Waals surface area contributed by atoms with Crippen LogP contribution < -0.4 is 15.0 Å². The van der Waals surface area contributed by atoms with E-state index in [4.69, 9.17) is 9.47 Å². The van der Waals surface area contributed by atoms with E-state index in [9.17, 15) is 4.79 Å².